The smallest absolute Gasteiger partial charge is 0.242 e. The summed E-state index contributed by atoms with van der Waals surface area (Å²) in [4.78, 5) is 27.2. The zero-order valence-electron chi connectivity index (χ0n) is 17.4. The molecule has 0 saturated carbocycles. The van der Waals surface area contributed by atoms with Crippen molar-refractivity contribution in [3.63, 3.8) is 0 Å². The highest BCUT2D eigenvalue weighted by atomic mass is 32.2. The van der Waals surface area contributed by atoms with Gasteiger partial charge >= 0.3 is 0 Å². The average molecular weight is 417 g/mol. The molecule has 2 aromatic rings. The Morgan fingerprint density at radius 2 is 1.66 bits per heavy atom. The molecule has 0 spiro atoms. The molecule has 0 heterocycles. The maximum Gasteiger partial charge on any atom is 0.242 e. The number of amides is 2. The van der Waals surface area contributed by atoms with Gasteiger partial charge in [0.05, 0.1) is 5.75 Å². The van der Waals surface area contributed by atoms with Gasteiger partial charge in [0.25, 0.3) is 0 Å². The molecule has 0 fully saturated rings. The van der Waals surface area contributed by atoms with Crippen molar-refractivity contribution in [2.45, 2.75) is 51.6 Å². The van der Waals surface area contributed by atoms with E-state index in [0.717, 1.165) is 16.9 Å². The zero-order valence-corrected chi connectivity index (χ0v) is 18.3. The molecule has 0 aliphatic heterocycles. The number of carbonyl (C=O) groups excluding carboxylic acids is 2. The van der Waals surface area contributed by atoms with E-state index in [0.29, 0.717) is 0 Å². The first-order valence-corrected chi connectivity index (χ1v) is 10.8. The van der Waals surface area contributed by atoms with Crippen LogP contribution in [0.15, 0.2) is 54.6 Å². The Hall–Kier alpha value is -2.34. The van der Waals surface area contributed by atoms with Gasteiger partial charge in [0.2, 0.25) is 11.8 Å². The molecule has 0 bridgehead atoms. The Labute approximate surface area is 176 Å². The largest absolute Gasteiger partial charge is 0.350 e. The van der Waals surface area contributed by atoms with Crippen LogP contribution < -0.4 is 5.32 Å². The second kappa shape index (κ2) is 10.4. The minimum Gasteiger partial charge on any atom is -0.350 e. The van der Waals surface area contributed by atoms with Gasteiger partial charge in [0.1, 0.15) is 11.9 Å². The highest BCUT2D eigenvalue weighted by Crippen LogP contribution is 2.16. The number of halogens is 1. The first-order valence-electron chi connectivity index (χ1n) is 9.63. The molecule has 0 aromatic heterocycles. The van der Waals surface area contributed by atoms with Crippen molar-refractivity contribution in [3.05, 3.63) is 71.5 Å². The standard InChI is InChI=1S/C23H29FN2O2S/c1-17(22(28)25-23(2,3)4)26(14-18-10-12-20(24)13-11-18)21(27)16-29-15-19-8-6-5-7-9-19/h5-13,17H,14-16H2,1-4H3,(H,25,28). The molecular formula is C23H29FN2O2S. The number of benzene rings is 2. The normalized spacial score (nSPS) is 12.3. The lowest BCUT2D eigenvalue weighted by Gasteiger charge is -2.31. The summed E-state index contributed by atoms with van der Waals surface area (Å²) in [7, 11) is 0. The molecule has 0 radical (unpaired) electrons. The van der Waals surface area contributed by atoms with Gasteiger partial charge in [-0.1, -0.05) is 42.5 Å². The van der Waals surface area contributed by atoms with Gasteiger partial charge < -0.3 is 10.2 Å². The lowest BCUT2D eigenvalue weighted by atomic mass is 10.1. The topological polar surface area (TPSA) is 49.4 Å². The van der Waals surface area contributed by atoms with Crippen LogP contribution in [-0.2, 0) is 21.9 Å². The summed E-state index contributed by atoms with van der Waals surface area (Å²) in [6, 6.07) is 15.3. The van der Waals surface area contributed by atoms with Crippen molar-refractivity contribution < 1.29 is 14.0 Å². The Kier molecular flexibility index (Phi) is 8.26. The van der Waals surface area contributed by atoms with E-state index in [1.54, 1.807) is 24.0 Å². The van der Waals surface area contributed by atoms with E-state index in [2.05, 4.69) is 5.32 Å². The van der Waals surface area contributed by atoms with Crippen molar-refractivity contribution in [1.82, 2.24) is 10.2 Å². The Morgan fingerprint density at radius 1 is 1.03 bits per heavy atom. The van der Waals surface area contributed by atoms with Crippen LogP contribution in [0.5, 0.6) is 0 Å². The van der Waals surface area contributed by atoms with Crippen LogP contribution in [0, 0.1) is 5.82 Å². The van der Waals surface area contributed by atoms with Crippen molar-refractivity contribution in [3.8, 4) is 0 Å². The number of nitrogens with zero attached hydrogens (tertiary/aromatic N) is 1. The van der Waals surface area contributed by atoms with Crippen LogP contribution in [-0.4, -0.2) is 34.0 Å². The number of hydrogen-bond donors (Lipinski definition) is 1. The summed E-state index contributed by atoms with van der Waals surface area (Å²) >= 11 is 1.52. The summed E-state index contributed by atoms with van der Waals surface area (Å²) in [5.41, 5.74) is 1.54. The van der Waals surface area contributed by atoms with E-state index in [1.807, 2.05) is 51.1 Å². The van der Waals surface area contributed by atoms with Crippen LogP contribution in [0.25, 0.3) is 0 Å². The molecule has 2 aromatic carbocycles. The van der Waals surface area contributed by atoms with Gasteiger partial charge in [-0.15, -0.1) is 11.8 Å². The molecule has 1 atom stereocenters. The third-order valence-electron chi connectivity index (χ3n) is 4.27. The van der Waals surface area contributed by atoms with Gasteiger partial charge in [-0.25, -0.2) is 4.39 Å². The quantitative estimate of drug-likeness (QED) is 0.694. The molecule has 1 N–H and O–H groups in total. The number of thioether (sulfide) groups is 1. The number of nitrogens with one attached hydrogen (secondary N) is 1. The van der Waals surface area contributed by atoms with Crippen LogP contribution in [0.3, 0.4) is 0 Å². The molecular weight excluding hydrogens is 387 g/mol. The van der Waals surface area contributed by atoms with E-state index in [-0.39, 0.29) is 29.9 Å². The predicted molar refractivity (Wildman–Crippen MR) is 117 cm³/mol. The van der Waals surface area contributed by atoms with Crippen molar-refractivity contribution in [1.29, 1.82) is 0 Å². The lowest BCUT2D eigenvalue weighted by Crippen LogP contribution is -2.52. The molecule has 2 amide bonds. The van der Waals surface area contributed by atoms with Crippen molar-refractivity contribution >= 4 is 23.6 Å². The highest BCUT2D eigenvalue weighted by Gasteiger charge is 2.28. The number of hydrogen-bond acceptors (Lipinski definition) is 3. The van der Waals surface area contributed by atoms with Crippen molar-refractivity contribution in [2.75, 3.05) is 5.75 Å². The maximum absolute atomic E-state index is 13.2. The summed E-state index contributed by atoms with van der Waals surface area (Å²) in [6.45, 7) is 7.69. The first-order chi connectivity index (χ1) is 13.7. The monoisotopic (exact) mass is 416 g/mol. The average Bonchev–Trinajstić information content (AvgIpc) is 2.66. The zero-order chi connectivity index (χ0) is 21.4. The van der Waals surface area contributed by atoms with Gasteiger partial charge in [-0.2, -0.15) is 0 Å². The summed E-state index contributed by atoms with van der Waals surface area (Å²) < 4.78 is 13.2. The fourth-order valence-electron chi connectivity index (χ4n) is 2.76. The van der Waals surface area contributed by atoms with E-state index < -0.39 is 11.6 Å². The van der Waals surface area contributed by atoms with E-state index in [4.69, 9.17) is 0 Å². The Balaban J connectivity index is 2.08. The highest BCUT2D eigenvalue weighted by molar-refractivity contribution is 7.99. The SMILES string of the molecule is CC(C(=O)NC(C)(C)C)N(Cc1ccc(F)cc1)C(=O)CSCc1ccccc1. The molecule has 0 saturated heterocycles. The fraction of sp³-hybridized carbons (Fsp3) is 0.391. The van der Waals surface area contributed by atoms with Crippen LogP contribution in [0.2, 0.25) is 0 Å². The Morgan fingerprint density at radius 3 is 2.24 bits per heavy atom. The fourth-order valence-corrected chi connectivity index (χ4v) is 3.63. The minimum absolute atomic E-state index is 0.119. The third kappa shape index (κ3) is 7.89. The first kappa shape index (κ1) is 22.9. The van der Waals surface area contributed by atoms with Gasteiger partial charge in [-0.3, -0.25) is 9.59 Å². The number of rotatable bonds is 8. The summed E-state index contributed by atoms with van der Waals surface area (Å²) in [5.74, 6) is 0.333. The van der Waals surface area contributed by atoms with E-state index >= 15 is 0 Å². The molecule has 2 rings (SSSR count). The number of carbonyl (C=O) groups is 2. The summed E-state index contributed by atoms with van der Waals surface area (Å²) in [6.07, 6.45) is 0. The molecule has 0 aliphatic rings. The molecule has 4 nitrogen and oxygen atoms in total. The van der Waals surface area contributed by atoms with Gasteiger partial charge in [0.15, 0.2) is 0 Å². The second-order valence-corrected chi connectivity index (χ2v) is 9.03. The summed E-state index contributed by atoms with van der Waals surface area (Å²) in [5, 5.41) is 2.93. The third-order valence-corrected chi connectivity index (χ3v) is 5.26. The van der Waals surface area contributed by atoms with Crippen LogP contribution in [0.1, 0.15) is 38.8 Å². The molecule has 156 valence electrons. The van der Waals surface area contributed by atoms with Crippen LogP contribution >= 0.6 is 11.8 Å². The molecule has 0 aliphatic carbocycles. The van der Waals surface area contributed by atoms with Gasteiger partial charge in [0, 0.05) is 17.8 Å². The minimum atomic E-state index is -0.635. The maximum atomic E-state index is 13.2. The van der Waals surface area contributed by atoms with Crippen LogP contribution in [0.4, 0.5) is 4.39 Å². The van der Waals surface area contributed by atoms with E-state index in [9.17, 15) is 14.0 Å². The lowest BCUT2D eigenvalue weighted by molar-refractivity contribution is -0.139. The molecule has 1 unspecified atom stereocenters. The Bertz CT molecular complexity index is 804. The van der Waals surface area contributed by atoms with Gasteiger partial charge in [-0.05, 0) is 51.0 Å². The van der Waals surface area contributed by atoms with E-state index in [1.165, 1.54) is 23.9 Å². The molecule has 29 heavy (non-hydrogen) atoms. The van der Waals surface area contributed by atoms with Crippen molar-refractivity contribution in [2.24, 2.45) is 0 Å². The molecule has 6 heteroatoms. The predicted octanol–water partition coefficient (Wildman–Crippen LogP) is 4.39. The second-order valence-electron chi connectivity index (χ2n) is 8.04.